The van der Waals surface area contributed by atoms with E-state index in [9.17, 15) is 4.39 Å². The highest BCUT2D eigenvalue weighted by Gasteiger charge is 2.21. The summed E-state index contributed by atoms with van der Waals surface area (Å²) in [6.07, 6.45) is 1.67. The van der Waals surface area contributed by atoms with E-state index in [1.807, 2.05) is 0 Å². The molecule has 1 unspecified atom stereocenters. The number of halogens is 1. The predicted octanol–water partition coefficient (Wildman–Crippen LogP) is 3.25. The van der Waals surface area contributed by atoms with Crippen molar-refractivity contribution in [1.29, 1.82) is 0 Å². The Kier molecular flexibility index (Phi) is 5.07. The summed E-state index contributed by atoms with van der Waals surface area (Å²) in [6, 6.07) is 8.10. The number of hydrogen-bond donors (Lipinski definition) is 1. The van der Waals surface area contributed by atoms with Crippen LogP contribution >= 0.6 is 0 Å². The minimum atomic E-state index is -0.440. The maximum absolute atomic E-state index is 14.2. The molecule has 0 radical (unpaired) electrons. The third-order valence-corrected chi connectivity index (χ3v) is 4.48. The highest BCUT2D eigenvalue weighted by Crippen LogP contribution is 2.28. The van der Waals surface area contributed by atoms with Gasteiger partial charge < -0.3 is 24.2 Å². The summed E-state index contributed by atoms with van der Waals surface area (Å²) in [4.78, 5) is 11.0. The smallest absolute Gasteiger partial charge is 0.230 e. The van der Waals surface area contributed by atoms with Gasteiger partial charge >= 0.3 is 0 Å². The number of ether oxygens (including phenoxy) is 2. The Balaban J connectivity index is 1.52. The van der Waals surface area contributed by atoms with Crippen molar-refractivity contribution in [1.82, 2.24) is 15.1 Å². The van der Waals surface area contributed by atoms with Gasteiger partial charge in [0.1, 0.15) is 23.1 Å². The lowest BCUT2D eigenvalue weighted by Crippen LogP contribution is -2.44. The highest BCUT2D eigenvalue weighted by atomic mass is 19.1. The molecular formula is C19H20FN5O3. The fourth-order valence-electron chi connectivity index (χ4n) is 3.00. The van der Waals surface area contributed by atoms with Gasteiger partial charge in [-0.3, -0.25) is 0 Å². The van der Waals surface area contributed by atoms with Crippen molar-refractivity contribution < 1.29 is 18.4 Å². The van der Waals surface area contributed by atoms with E-state index in [4.69, 9.17) is 14.0 Å². The van der Waals surface area contributed by atoms with Crippen LogP contribution < -0.4 is 15.0 Å². The predicted molar refractivity (Wildman–Crippen MR) is 101 cm³/mol. The van der Waals surface area contributed by atoms with Crippen molar-refractivity contribution >= 4 is 17.7 Å². The summed E-state index contributed by atoms with van der Waals surface area (Å²) in [5.74, 6) is 1.52. The second-order valence-corrected chi connectivity index (χ2v) is 6.41. The van der Waals surface area contributed by atoms with Crippen molar-refractivity contribution in [2.24, 2.45) is 0 Å². The molecule has 1 aliphatic heterocycles. The van der Waals surface area contributed by atoms with Gasteiger partial charge in [0.05, 0.1) is 26.4 Å². The first-order valence-electron chi connectivity index (χ1n) is 8.89. The Morgan fingerprint density at radius 3 is 2.96 bits per heavy atom. The van der Waals surface area contributed by atoms with E-state index < -0.39 is 5.82 Å². The van der Waals surface area contributed by atoms with Gasteiger partial charge in [0.2, 0.25) is 11.8 Å². The molecule has 0 amide bonds. The van der Waals surface area contributed by atoms with E-state index >= 15 is 0 Å². The summed E-state index contributed by atoms with van der Waals surface area (Å²) >= 11 is 0. The number of benzene rings is 1. The molecule has 0 bridgehead atoms. The molecule has 1 fully saturated rings. The Bertz CT molecular complexity index is 964. The van der Waals surface area contributed by atoms with E-state index in [0.29, 0.717) is 47.9 Å². The van der Waals surface area contributed by atoms with Crippen LogP contribution in [0.2, 0.25) is 0 Å². The maximum atomic E-state index is 14.2. The van der Waals surface area contributed by atoms with Crippen LogP contribution in [0, 0.1) is 5.82 Å². The SMILES string of the molecule is COc1ccc(-c2cc(Nc3ccnc(N4CCOCC4C)n3)on2)c(F)c1. The first-order chi connectivity index (χ1) is 13.6. The molecule has 3 aromatic rings. The number of anilines is 3. The first-order valence-corrected chi connectivity index (χ1v) is 8.89. The number of aromatic nitrogens is 3. The normalized spacial score (nSPS) is 16.8. The zero-order valence-electron chi connectivity index (χ0n) is 15.6. The van der Waals surface area contributed by atoms with Crippen LogP contribution in [0.1, 0.15) is 6.92 Å². The number of nitrogens with one attached hydrogen (secondary N) is 1. The molecule has 3 heterocycles. The largest absolute Gasteiger partial charge is 0.497 e. The monoisotopic (exact) mass is 385 g/mol. The van der Waals surface area contributed by atoms with Crippen LogP contribution in [0.15, 0.2) is 41.1 Å². The Labute approximate surface area is 161 Å². The summed E-state index contributed by atoms with van der Waals surface area (Å²) in [5.41, 5.74) is 0.696. The average molecular weight is 385 g/mol. The summed E-state index contributed by atoms with van der Waals surface area (Å²) in [6.45, 7) is 4.08. The molecule has 28 heavy (non-hydrogen) atoms. The molecular weight excluding hydrogens is 365 g/mol. The molecule has 0 saturated carbocycles. The van der Waals surface area contributed by atoms with Crippen LogP contribution in [-0.2, 0) is 4.74 Å². The van der Waals surface area contributed by atoms with Crippen LogP contribution in [-0.4, -0.2) is 48.0 Å². The molecule has 9 heteroatoms. The minimum absolute atomic E-state index is 0.193. The van der Waals surface area contributed by atoms with Gasteiger partial charge in [-0.05, 0) is 25.1 Å². The van der Waals surface area contributed by atoms with Crippen LogP contribution in [0.25, 0.3) is 11.3 Å². The van der Waals surface area contributed by atoms with Crippen molar-refractivity contribution in [3.63, 3.8) is 0 Å². The molecule has 0 aliphatic carbocycles. The highest BCUT2D eigenvalue weighted by molar-refractivity contribution is 5.65. The Morgan fingerprint density at radius 2 is 2.18 bits per heavy atom. The fourth-order valence-corrected chi connectivity index (χ4v) is 3.00. The molecule has 146 valence electrons. The third-order valence-electron chi connectivity index (χ3n) is 4.48. The van der Waals surface area contributed by atoms with E-state index in [1.165, 1.54) is 13.2 Å². The van der Waals surface area contributed by atoms with Gasteiger partial charge in [-0.15, -0.1) is 0 Å². The topological polar surface area (TPSA) is 85.5 Å². The van der Waals surface area contributed by atoms with Crippen molar-refractivity contribution in [2.45, 2.75) is 13.0 Å². The zero-order valence-corrected chi connectivity index (χ0v) is 15.6. The van der Waals surface area contributed by atoms with E-state index in [2.05, 4.69) is 32.3 Å². The number of morpholine rings is 1. The number of hydrogen-bond acceptors (Lipinski definition) is 8. The van der Waals surface area contributed by atoms with Crippen molar-refractivity contribution in [3.8, 4) is 17.0 Å². The first kappa shape index (κ1) is 18.2. The van der Waals surface area contributed by atoms with E-state index in [1.54, 1.807) is 30.5 Å². The zero-order chi connectivity index (χ0) is 19.5. The molecule has 8 nitrogen and oxygen atoms in total. The Hall–Kier alpha value is -3.20. The molecule has 0 spiro atoms. The van der Waals surface area contributed by atoms with Crippen molar-refractivity contribution in [3.05, 3.63) is 42.3 Å². The average Bonchev–Trinajstić information content (AvgIpc) is 3.16. The van der Waals surface area contributed by atoms with Gasteiger partial charge in [0.15, 0.2) is 0 Å². The molecule has 4 rings (SSSR count). The standard InChI is InChI=1S/C19H20FN5O3/c1-12-11-27-8-7-25(12)19-21-6-5-17(23-19)22-18-10-16(24-28-18)14-4-3-13(26-2)9-15(14)20/h3-6,9-10,12H,7-8,11H2,1-2H3,(H,21,22,23). The summed E-state index contributed by atoms with van der Waals surface area (Å²) in [7, 11) is 1.49. The molecule has 1 aromatic carbocycles. The Morgan fingerprint density at radius 1 is 1.29 bits per heavy atom. The van der Waals surface area contributed by atoms with Gasteiger partial charge in [-0.25, -0.2) is 9.37 Å². The van der Waals surface area contributed by atoms with Crippen molar-refractivity contribution in [2.75, 3.05) is 37.1 Å². The van der Waals surface area contributed by atoms with Crippen LogP contribution in [0.5, 0.6) is 5.75 Å². The van der Waals surface area contributed by atoms with Gasteiger partial charge in [-0.2, -0.15) is 4.98 Å². The third kappa shape index (κ3) is 3.74. The van der Waals surface area contributed by atoms with Crippen LogP contribution in [0.3, 0.4) is 0 Å². The second-order valence-electron chi connectivity index (χ2n) is 6.41. The summed E-state index contributed by atoms with van der Waals surface area (Å²) < 4.78 is 30.0. The lowest BCUT2D eigenvalue weighted by Gasteiger charge is -2.33. The fraction of sp³-hybridized carbons (Fsp3) is 0.316. The van der Waals surface area contributed by atoms with Gasteiger partial charge in [-0.1, -0.05) is 5.16 Å². The minimum Gasteiger partial charge on any atom is -0.497 e. The van der Waals surface area contributed by atoms with E-state index in [-0.39, 0.29) is 6.04 Å². The quantitative estimate of drug-likeness (QED) is 0.716. The molecule has 2 aromatic heterocycles. The molecule has 1 N–H and O–H groups in total. The number of rotatable bonds is 5. The summed E-state index contributed by atoms with van der Waals surface area (Å²) in [5, 5.41) is 6.98. The molecule has 1 atom stereocenters. The lowest BCUT2D eigenvalue weighted by atomic mass is 10.1. The number of methoxy groups -OCH3 is 1. The number of nitrogens with zero attached hydrogens (tertiary/aromatic N) is 4. The lowest BCUT2D eigenvalue weighted by molar-refractivity contribution is 0.0981. The van der Waals surface area contributed by atoms with E-state index in [0.717, 1.165) is 6.54 Å². The second kappa shape index (κ2) is 7.81. The van der Waals surface area contributed by atoms with Crippen LogP contribution in [0.4, 0.5) is 22.0 Å². The molecule has 1 aliphatic rings. The van der Waals surface area contributed by atoms with Gasteiger partial charge in [0.25, 0.3) is 0 Å². The maximum Gasteiger partial charge on any atom is 0.230 e. The molecule has 1 saturated heterocycles. The van der Waals surface area contributed by atoms with Gasteiger partial charge in [0, 0.05) is 30.4 Å².